The first kappa shape index (κ1) is 28.1. The van der Waals surface area contributed by atoms with Gasteiger partial charge in [-0.25, -0.2) is 18.4 Å². The monoisotopic (exact) mass is 567 g/mol. The van der Waals surface area contributed by atoms with E-state index in [4.69, 9.17) is 0 Å². The van der Waals surface area contributed by atoms with Crippen LogP contribution in [0.3, 0.4) is 0 Å². The summed E-state index contributed by atoms with van der Waals surface area (Å²) in [7, 11) is -2.28. The van der Waals surface area contributed by atoms with Crippen molar-refractivity contribution in [2.45, 2.75) is 17.2 Å². The first-order valence-electron chi connectivity index (χ1n) is 11.1. The average Bonchev–Trinajstić information content (AvgIpc) is 2.91. The van der Waals surface area contributed by atoms with E-state index in [2.05, 4.69) is 25.0 Å². The summed E-state index contributed by atoms with van der Waals surface area (Å²) < 4.78 is 107. The highest BCUT2D eigenvalue weighted by Crippen LogP contribution is 2.34. The topological polar surface area (TPSA) is 96.9 Å². The smallest absolute Gasteiger partial charge is 0.307 e. The fourth-order valence-corrected chi connectivity index (χ4v) is 4.54. The molecule has 14 heteroatoms. The Hall–Kier alpha value is -3.88. The van der Waals surface area contributed by atoms with Gasteiger partial charge in [-0.3, -0.25) is 4.98 Å². The highest BCUT2D eigenvalue weighted by molar-refractivity contribution is 7.89. The number of rotatable bonds is 7. The molecule has 0 spiro atoms. The molecule has 0 atom stereocenters. The standard InChI is InChI=1S/C25H19F6N5O2S/c1-32-14-34-39(37,38)19-4-2-3-16(11-19)20-12-17(9-10-33-20)23-35-21(13-22(36-23)25(29,30)31)15-5-7-18(8-6-15)24(26,27)28/h2-13,32,34H,14H2,1H3. The maximum Gasteiger partial charge on any atom is 0.433 e. The predicted molar refractivity (Wildman–Crippen MR) is 130 cm³/mol. The van der Waals surface area contributed by atoms with Gasteiger partial charge in [0.15, 0.2) is 5.82 Å². The van der Waals surface area contributed by atoms with Gasteiger partial charge in [-0.15, -0.1) is 0 Å². The zero-order chi connectivity index (χ0) is 28.4. The molecule has 204 valence electrons. The Kier molecular flexibility index (Phi) is 7.73. The molecule has 0 unspecified atom stereocenters. The fraction of sp³-hybridized carbons (Fsp3) is 0.160. The molecule has 0 aliphatic carbocycles. The van der Waals surface area contributed by atoms with Crippen LogP contribution in [0.2, 0.25) is 0 Å². The van der Waals surface area contributed by atoms with Gasteiger partial charge in [0.25, 0.3) is 0 Å². The lowest BCUT2D eigenvalue weighted by molar-refractivity contribution is -0.141. The van der Waals surface area contributed by atoms with Gasteiger partial charge in [0.1, 0.15) is 5.69 Å². The van der Waals surface area contributed by atoms with Crippen LogP contribution in [0.5, 0.6) is 0 Å². The zero-order valence-corrected chi connectivity index (χ0v) is 20.8. The molecule has 0 fully saturated rings. The Morgan fingerprint density at radius 2 is 1.49 bits per heavy atom. The second-order valence-corrected chi connectivity index (χ2v) is 9.94. The van der Waals surface area contributed by atoms with Crippen LogP contribution >= 0.6 is 0 Å². The van der Waals surface area contributed by atoms with Gasteiger partial charge in [-0.05, 0) is 49.5 Å². The van der Waals surface area contributed by atoms with Crippen molar-refractivity contribution in [1.29, 1.82) is 0 Å². The first-order chi connectivity index (χ1) is 18.3. The molecule has 4 aromatic rings. The fourth-order valence-electron chi connectivity index (χ4n) is 3.50. The van der Waals surface area contributed by atoms with Crippen molar-refractivity contribution < 1.29 is 34.8 Å². The van der Waals surface area contributed by atoms with Crippen molar-refractivity contribution in [2.75, 3.05) is 13.7 Å². The van der Waals surface area contributed by atoms with Crippen LogP contribution in [-0.4, -0.2) is 37.1 Å². The summed E-state index contributed by atoms with van der Waals surface area (Å²) in [6.45, 7) is -0.00551. The molecular formula is C25H19F6N5O2S. The van der Waals surface area contributed by atoms with Gasteiger partial charge in [0.2, 0.25) is 10.0 Å². The molecule has 0 bridgehead atoms. The Morgan fingerprint density at radius 3 is 2.13 bits per heavy atom. The maximum atomic E-state index is 13.7. The second kappa shape index (κ2) is 10.7. The third-order valence-electron chi connectivity index (χ3n) is 5.42. The molecule has 0 saturated heterocycles. The van der Waals surface area contributed by atoms with Crippen LogP contribution in [0.15, 0.2) is 77.8 Å². The summed E-state index contributed by atoms with van der Waals surface area (Å²) in [5.41, 5.74) is -1.73. The number of benzene rings is 2. The third-order valence-corrected chi connectivity index (χ3v) is 6.82. The number of hydrogen-bond donors (Lipinski definition) is 2. The van der Waals surface area contributed by atoms with E-state index < -0.39 is 33.6 Å². The maximum absolute atomic E-state index is 13.7. The number of nitrogens with one attached hydrogen (secondary N) is 2. The van der Waals surface area contributed by atoms with E-state index >= 15 is 0 Å². The van der Waals surface area contributed by atoms with Gasteiger partial charge < -0.3 is 5.32 Å². The highest BCUT2D eigenvalue weighted by Gasteiger charge is 2.34. The molecule has 39 heavy (non-hydrogen) atoms. The van der Waals surface area contributed by atoms with Crippen molar-refractivity contribution in [3.63, 3.8) is 0 Å². The number of halogens is 6. The highest BCUT2D eigenvalue weighted by atomic mass is 32.2. The van der Waals surface area contributed by atoms with E-state index in [1.807, 2.05) is 0 Å². The molecule has 0 saturated carbocycles. The molecule has 0 aliphatic rings. The summed E-state index contributed by atoms with van der Waals surface area (Å²) in [4.78, 5) is 11.9. The molecule has 7 nitrogen and oxygen atoms in total. The van der Waals surface area contributed by atoms with E-state index in [0.29, 0.717) is 11.6 Å². The zero-order valence-electron chi connectivity index (χ0n) is 20.0. The summed E-state index contributed by atoms with van der Waals surface area (Å²) in [6.07, 6.45) is -8.18. The van der Waals surface area contributed by atoms with E-state index in [9.17, 15) is 34.8 Å². The van der Waals surface area contributed by atoms with Crippen LogP contribution in [0.25, 0.3) is 33.9 Å². The van der Waals surface area contributed by atoms with Gasteiger partial charge in [-0.1, -0.05) is 24.3 Å². The average molecular weight is 568 g/mol. The number of nitrogens with zero attached hydrogens (tertiary/aromatic N) is 3. The van der Waals surface area contributed by atoms with Crippen molar-refractivity contribution in [1.82, 2.24) is 25.0 Å². The lowest BCUT2D eigenvalue weighted by atomic mass is 10.1. The summed E-state index contributed by atoms with van der Waals surface area (Å²) >= 11 is 0. The lowest BCUT2D eigenvalue weighted by Gasteiger charge is -2.12. The van der Waals surface area contributed by atoms with Gasteiger partial charge in [0, 0.05) is 22.9 Å². The molecule has 2 aromatic carbocycles. The molecule has 2 heterocycles. The van der Waals surface area contributed by atoms with Crippen LogP contribution in [0.4, 0.5) is 26.3 Å². The second-order valence-electron chi connectivity index (χ2n) is 8.17. The Balaban J connectivity index is 1.77. The molecule has 2 N–H and O–H groups in total. The molecular weight excluding hydrogens is 548 g/mol. The number of pyridine rings is 1. The van der Waals surface area contributed by atoms with Crippen LogP contribution < -0.4 is 10.0 Å². The SMILES string of the molecule is CNCNS(=O)(=O)c1cccc(-c2cc(-c3nc(-c4ccc(C(F)(F)F)cc4)cc(C(F)(F)F)n3)ccn2)c1. The minimum Gasteiger partial charge on any atom is -0.307 e. The Morgan fingerprint density at radius 1 is 0.769 bits per heavy atom. The number of aromatic nitrogens is 3. The van der Waals surface area contributed by atoms with Crippen molar-refractivity contribution in [3.8, 4) is 33.9 Å². The van der Waals surface area contributed by atoms with E-state index in [1.165, 1.54) is 36.5 Å². The van der Waals surface area contributed by atoms with Crippen LogP contribution in [0.1, 0.15) is 11.3 Å². The van der Waals surface area contributed by atoms with Crippen molar-refractivity contribution in [3.05, 3.63) is 84.2 Å². The van der Waals surface area contributed by atoms with Crippen LogP contribution in [0, 0.1) is 0 Å². The minimum absolute atomic E-state index is 0.00551. The predicted octanol–water partition coefficient (Wildman–Crippen LogP) is 5.37. The third kappa shape index (κ3) is 6.58. The summed E-state index contributed by atoms with van der Waals surface area (Å²) in [5, 5.41) is 2.66. The summed E-state index contributed by atoms with van der Waals surface area (Å²) in [6, 6.07) is 12.8. The molecule has 0 amide bonds. The normalized spacial score (nSPS) is 12.5. The largest absolute Gasteiger partial charge is 0.433 e. The van der Waals surface area contributed by atoms with Crippen LogP contribution in [-0.2, 0) is 22.4 Å². The number of alkyl halides is 6. The molecule has 4 rings (SSSR count). The molecule has 0 radical (unpaired) electrons. The van der Waals surface area contributed by atoms with Gasteiger partial charge in [-0.2, -0.15) is 31.1 Å². The summed E-state index contributed by atoms with van der Waals surface area (Å²) in [5.74, 6) is -0.345. The van der Waals surface area contributed by atoms with Crippen molar-refractivity contribution in [2.24, 2.45) is 0 Å². The molecule has 2 aromatic heterocycles. The number of sulfonamides is 1. The Bertz CT molecular complexity index is 1590. The molecule has 0 aliphatic heterocycles. The first-order valence-corrected chi connectivity index (χ1v) is 12.6. The minimum atomic E-state index is -4.86. The van der Waals surface area contributed by atoms with Gasteiger partial charge >= 0.3 is 12.4 Å². The van der Waals surface area contributed by atoms with Gasteiger partial charge in [0.05, 0.1) is 28.5 Å². The van der Waals surface area contributed by atoms with E-state index in [1.54, 1.807) is 13.1 Å². The quantitative estimate of drug-likeness (QED) is 0.231. The number of hydrogen-bond acceptors (Lipinski definition) is 6. The Labute approximate surface area is 219 Å². The van der Waals surface area contributed by atoms with E-state index in [0.717, 1.165) is 24.3 Å². The lowest BCUT2D eigenvalue weighted by Crippen LogP contribution is -2.31. The van der Waals surface area contributed by atoms with E-state index in [-0.39, 0.29) is 39.9 Å². The van der Waals surface area contributed by atoms with Crippen molar-refractivity contribution >= 4 is 10.0 Å².